The van der Waals surface area contributed by atoms with E-state index in [0.717, 1.165) is 30.6 Å². The Labute approximate surface area is 183 Å². The Morgan fingerprint density at radius 1 is 0.968 bits per heavy atom. The number of rotatable bonds is 5. The molecule has 2 N–H and O–H groups in total. The maximum Gasteiger partial charge on any atom is 0.295 e. The van der Waals surface area contributed by atoms with Gasteiger partial charge in [0.15, 0.2) is 5.58 Å². The summed E-state index contributed by atoms with van der Waals surface area (Å²) in [5, 5.41) is 16.6. The Morgan fingerprint density at radius 3 is 2.58 bits per heavy atom. The summed E-state index contributed by atoms with van der Waals surface area (Å²) in [4.78, 5) is 7.06. The highest BCUT2D eigenvalue weighted by molar-refractivity contribution is 5.74. The molecule has 1 aliphatic carbocycles. The minimum Gasteiger partial charge on any atom is -0.424 e. The van der Waals surface area contributed by atoms with Crippen molar-refractivity contribution in [2.75, 3.05) is 23.3 Å². The highest BCUT2D eigenvalue weighted by Gasteiger charge is 2.30. The minimum absolute atomic E-state index is 0.326. The topological polar surface area (TPSA) is 77.1 Å². The number of aromatic nitrogens is 1. The van der Waals surface area contributed by atoms with E-state index < -0.39 is 0 Å². The molecule has 2 aromatic carbocycles. The Hall–Kier alpha value is -3.04. The van der Waals surface area contributed by atoms with Gasteiger partial charge in [0.2, 0.25) is 0 Å². The zero-order chi connectivity index (χ0) is 21.0. The van der Waals surface area contributed by atoms with Crippen molar-refractivity contribution >= 4 is 22.8 Å². The van der Waals surface area contributed by atoms with Gasteiger partial charge < -0.3 is 20.0 Å². The predicted molar refractivity (Wildman–Crippen MR) is 123 cm³/mol. The van der Waals surface area contributed by atoms with Gasteiger partial charge in [0.05, 0.1) is 11.6 Å². The van der Waals surface area contributed by atoms with Crippen molar-refractivity contribution in [3.8, 4) is 6.07 Å². The molecule has 6 heteroatoms. The molecule has 1 saturated carbocycles. The fourth-order valence-electron chi connectivity index (χ4n) is 4.99. The van der Waals surface area contributed by atoms with Crippen LogP contribution in [0.1, 0.15) is 44.1 Å². The zero-order valence-electron chi connectivity index (χ0n) is 17.8. The average Bonchev–Trinajstić information content (AvgIpc) is 3.23. The quantitative estimate of drug-likeness (QED) is 0.630. The van der Waals surface area contributed by atoms with Crippen LogP contribution in [0.3, 0.4) is 0 Å². The number of oxazole rings is 1. The van der Waals surface area contributed by atoms with E-state index in [-0.39, 0.29) is 0 Å². The summed E-state index contributed by atoms with van der Waals surface area (Å²) >= 11 is 0. The van der Waals surface area contributed by atoms with Crippen molar-refractivity contribution in [2.24, 2.45) is 0 Å². The molecular weight excluding hydrogens is 386 g/mol. The minimum atomic E-state index is 0.326. The normalized spacial score (nSPS) is 24.1. The van der Waals surface area contributed by atoms with Gasteiger partial charge in [-0.25, -0.2) is 0 Å². The molecule has 1 saturated heterocycles. The van der Waals surface area contributed by atoms with Crippen molar-refractivity contribution in [3.63, 3.8) is 0 Å². The summed E-state index contributed by atoms with van der Waals surface area (Å²) in [6.45, 7) is 2.07. The smallest absolute Gasteiger partial charge is 0.295 e. The van der Waals surface area contributed by atoms with Crippen LogP contribution in [0.2, 0.25) is 0 Å². The predicted octanol–water partition coefficient (Wildman–Crippen LogP) is 4.68. The molecule has 3 unspecified atom stereocenters. The second-order valence-corrected chi connectivity index (χ2v) is 8.74. The summed E-state index contributed by atoms with van der Waals surface area (Å²) in [7, 11) is 0. The molecule has 1 aromatic heterocycles. The maximum atomic E-state index is 9.04. The molecule has 31 heavy (non-hydrogen) atoms. The van der Waals surface area contributed by atoms with Gasteiger partial charge >= 0.3 is 0 Å². The molecule has 0 radical (unpaired) electrons. The summed E-state index contributed by atoms with van der Waals surface area (Å²) < 4.78 is 5.92. The largest absolute Gasteiger partial charge is 0.424 e. The Bertz CT molecular complexity index is 1020. The lowest BCUT2D eigenvalue weighted by atomic mass is 9.89. The van der Waals surface area contributed by atoms with Gasteiger partial charge in [0.1, 0.15) is 5.52 Å². The van der Waals surface area contributed by atoms with Crippen LogP contribution in [-0.2, 0) is 0 Å². The molecule has 0 amide bonds. The molecule has 160 valence electrons. The molecule has 1 aliphatic heterocycles. The first-order valence-corrected chi connectivity index (χ1v) is 11.4. The zero-order valence-corrected chi connectivity index (χ0v) is 17.8. The molecule has 2 heterocycles. The fourth-order valence-corrected chi connectivity index (χ4v) is 4.99. The van der Waals surface area contributed by atoms with E-state index in [0.29, 0.717) is 29.7 Å². The van der Waals surface area contributed by atoms with Gasteiger partial charge in [0.25, 0.3) is 6.01 Å². The van der Waals surface area contributed by atoms with E-state index >= 15 is 0 Å². The van der Waals surface area contributed by atoms with Gasteiger partial charge in [-0.05, 0) is 62.1 Å². The first-order valence-electron chi connectivity index (χ1n) is 11.4. The number of nitrogens with one attached hydrogen (secondary N) is 2. The van der Waals surface area contributed by atoms with Crippen molar-refractivity contribution in [1.82, 2.24) is 10.3 Å². The van der Waals surface area contributed by atoms with Crippen LogP contribution in [0.25, 0.3) is 11.1 Å². The number of nitrogens with zero attached hydrogens (tertiary/aromatic N) is 3. The van der Waals surface area contributed by atoms with Gasteiger partial charge in [-0.2, -0.15) is 10.2 Å². The second kappa shape index (κ2) is 8.99. The summed E-state index contributed by atoms with van der Waals surface area (Å²) in [6.07, 6.45) is 7.16. The lowest BCUT2D eigenvalue weighted by molar-refractivity contribution is 0.291. The van der Waals surface area contributed by atoms with Crippen LogP contribution in [0.4, 0.5) is 11.7 Å². The van der Waals surface area contributed by atoms with Crippen molar-refractivity contribution in [3.05, 3.63) is 54.1 Å². The van der Waals surface area contributed by atoms with E-state index in [9.17, 15) is 0 Å². The lowest BCUT2D eigenvalue weighted by Crippen LogP contribution is -2.54. The third-order valence-corrected chi connectivity index (χ3v) is 6.60. The van der Waals surface area contributed by atoms with E-state index in [4.69, 9.17) is 9.68 Å². The fraction of sp³-hybridized carbons (Fsp3) is 0.440. The van der Waals surface area contributed by atoms with Gasteiger partial charge in [0, 0.05) is 36.9 Å². The first-order chi connectivity index (χ1) is 15.3. The molecule has 6 nitrogen and oxygen atoms in total. The number of para-hydroxylation sites is 2. The van der Waals surface area contributed by atoms with E-state index in [1.54, 1.807) is 0 Å². The molecule has 2 aliphatic rings. The van der Waals surface area contributed by atoms with Crippen molar-refractivity contribution in [1.29, 1.82) is 5.26 Å². The number of benzene rings is 2. The molecule has 0 spiro atoms. The third-order valence-electron chi connectivity index (χ3n) is 6.60. The van der Waals surface area contributed by atoms with Crippen LogP contribution in [0.15, 0.2) is 52.9 Å². The molecule has 3 atom stereocenters. The molecule has 2 fully saturated rings. The standard InChI is InChI=1S/C25H29N5O/c26-16-18-11-13-20(14-12-18)30-15-5-6-19(17-30)27-21-7-1-2-8-22(21)28-25-29-23-9-3-4-10-24(23)31-25/h3-4,9-14,19,21-22,27H,1-2,5-8,15,17H2,(H,28,29). The van der Waals surface area contributed by atoms with Gasteiger partial charge in [-0.15, -0.1) is 0 Å². The number of hydrogen-bond acceptors (Lipinski definition) is 6. The monoisotopic (exact) mass is 415 g/mol. The van der Waals surface area contributed by atoms with Crippen LogP contribution in [0, 0.1) is 11.3 Å². The Balaban J connectivity index is 1.24. The van der Waals surface area contributed by atoms with E-state index in [1.165, 1.54) is 37.8 Å². The van der Waals surface area contributed by atoms with Gasteiger partial charge in [-0.3, -0.25) is 0 Å². The number of fused-ring (bicyclic) bond motifs is 1. The Kier molecular flexibility index (Phi) is 5.77. The molecule has 5 rings (SSSR count). The van der Waals surface area contributed by atoms with Crippen LogP contribution < -0.4 is 15.5 Å². The summed E-state index contributed by atoms with van der Waals surface area (Å²) in [5.74, 6) is 0. The van der Waals surface area contributed by atoms with Gasteiger partial charge in [-0.1, -0.05) is 25.0 Å². The SMILES string of the molecule is N#Cc1ccc(N2CCCC(NC3CCCCC3Nc3nc4ccccc4o3)C2)cc1. The number of hydrogen-bond donors (Lipinski definition) is 2. The molecular formula is C25H29N5O. The van der Waals surface area contributed by atoms with Crippen molar-refractivity contribution < 1.29 is 4.42 Å². The number of nitriles is 1. The maximum absolute atomic E-state index is 9.04. The summed E-state index contributed by atoms with van der Waals surface area (Å²) in [6, 6.07) is 19.9. The second-order valence-electron chi connectivity index (χ2n) is 8.74. The number of anilines is 2. The highest BCUT2D eigenvalue weighted by Crippen LogP contribution is 2.27. The van der Waals surface area contributed by atoms with Crippen LogP contribution in [-0.4, -0.2) is 36.2 Å². The van der Waals surface area contributed by atoms with Crippen molar-refractivity contribution in [2.45, 2.75) is 56.7 Å². The first kappa shape index (κ1) is 19.9. The van der Waals surface area contributed by atoms with Crippen LogP contribution >= 0.6 is 0 Å². The molecule has 0 bridgehead atoms. The average molecular weight is 416 g/mol. The Morgan fingerprint density at radius 2 is 1.77 bits per heavy atom. The van der Waals surface area contributed by atoms with E-state index in [2.05, 4.69) is 38.7 Å². The molecule has 3 aromatic rings. The van der Waals surface area contributed by atoms with E-state index in [1.807, 2.05) is 36.4 Å². The van der Waals surface area contributed by atoms with Crippen LogP contribution in [0.5, 0.6) is 0 Å². The highest BCUT2D eigenvalue weighted by atomic mass is 16.4. The number of piperidine rings is 1. The lowest BCUT2D eigenvalue weighted by Gasteiger charge is -2.40. The summed E-state index contributed by atoms with van der Waals surface area (Å²) in [5.41, 5.74) is 3.65. The third kappa shape index (κ3) is 4.52.